The second-order valence-corrected chi connectivity index (χ2v) is 10.3. The zero-order valence-electron chi connectivity index (χ0n) is 19.7. The number of hydrogen-bond donors (Lipinski definition) is 2. The monoisotopic (exact) mass is 491 g/mol. The summed E-state index contributed by atoms with van der Waals surface area (Å²) >= 11 is 1.70. The Morgan fingerprint density at radius 2 is 1.81 bits per heavy atom. The summed E-state index contributed by atoms with van der Waals surface area (Å²) < 4.78 is 0. The third-order valence-corrected chi connectivity index (χ3v) is 7.83. The second-order valence-electron chi connectivity index (χ2n) is 9.39. The Morgan fingerprint density at radius 3 is 2.69 bits per heavy atom. The zero-order valence-corrected chi connectivity index (χ0v) is 20.6. The van der Waals surface area contributed by atoms with Crippen LogP contribution < -0.4 is 0 Å². The largest absolute Gasteiger partial charge is 0.353 e. The highest BCUT2D eigenvalue weighted by Gasteiger charge is 2.16. The average molecular weight is 492 g/mol. The summed E-state index contributed by atoms with van der Waals surface area (Å²) in [7, 11) is 0. The van der Waals surface area contributed by atoms with E-state index in [1.54, 1.807) is 11.3 Å². The lowest BCUT2D eigenvalue weighted by Gasteiger charge is -2.26. The summed E-state index contributed by atoms with van der Waals surface area (Å²) in [6.45, 7) is 3.28. The first kappa shape index (κ1) is 21.4. The van der Waals surface area contributed by atoms with E-state index in [1.807, 2.05) is 30.9 Å². The maximum Gasteiger partial charge on any atom is 0.116 e. The molecule has 1 saturated heterocycles. The lowest BCUT2D eigenvalue weighted by molar-refractivity contribution is 0.220. The summed E-state index contributed by atoms with van der Waals surface area (Å²) in [6.07, 6.45) is 11.5. The number of H-pyrrole nitrogens is 2. The van der Waals surface area contributed by atoms with Crippen LogP contribution >= 0.6 is 11.3 Å². The van der Waals surface area contributed by atoms with Gasteiger partial charge in [-0.15, -0.1) is 11.3 Å². The first-order valence-corrected chi connectivity index (χ1v) is 13.2. The normalized spacial score (nSPS) is 14.7. The molecular formula is C28H25N7S. The summed E-state index contributed by atoms with van der Waals surface area (Å²) in [4.78, 5) is 21.1. The molecule has 0 atom stereocenters. The number of fused-ring (bicyclic) bond motifs is 2. The third-order valence-electron chi connectivity index (χ3n) is 6.95. The van der Waals surface area contributed by atoms with E-state index in [9.17, 15) is 0 Å². The first-order valence-electron chi connectivity index (χ1n) is 12.3. The molecule has 0 amide bonds. The molecule has 0 aromatic carbocycles. The van der Waals surface area contributed by atoms with Crippen molar-refractivity contribution in [2.24, 2.45) is 0 Å². The maximum atomic E-state index is 4.72. The van der Waals surface area contributed by atoms with Crippen LogP contribution in [-0.2, 0) is 6.54 Å². The van der Waals surface area contributed by atoms with Crippen molar-refractivity contribution in [3.05, 3.63) is 72.1 Å². The summed E-state index contributed by atoms with van der Waals surface area (Å²) in [6, 6.07) is 12.6. The van der Waals surface area contributed by atoms with Gasteiger partial charge in [0.25, 0.3) is 0 Å². The Balaban J connectivity index is 1.26. The Morgan fingerprint density at radius 1 is 0.889 bits per heavy atom. The molecule has 0 radical (unpaired) electrons. The molecule has 2 N–H and O–H groups in total. The lowest BCUT2D eigenvalue weighted by Crippen LogP contribution is -2.29. The van der Waals surface area contributed by atoms with Crippen molar-refractivity contribution in [1.82, 2.24) is 35.0 Å². The van der Waals surface area contributed by atoms with E-state index in [0.29, 0.717) is 0 Å². The van der Waals surface area contributed by atoms with E-state index in [2.05, 4.69) is 65.8 Å². The van der Waals surface area contributed by atoms with E-state index in [0.717, 1.165) is 61.6 Å². The molecule has 1 aliphatic heterocycles. The number of aromatic amines is 2. The number of hydrogen-bond acceptors (Lipinski definition) is 6. The number of rotatable bonds is 5. The summed E-state index contributed by atoms with van der Waals surface area (Å²) in [5.74, 6) is 0. The van der Waals surface area contributed by atoms with Crippen LogP contribution in [0, 0.1) is 0 Å². The van der Waals surface area contributed by atoms with E-state index in [-0.39, 0.29) is 0 Å². The molecule has 36 heavy (non-hydrogen) atoms. The molecule has 7 nitrogen and oxygen atoms in total. The highest BCUT2D eigenvalue weighted by Crippen LogP contribution is 2.35. The van der Waals surface area contributed by atoms with Gasteiger partial charge >= 0.3 is 0 Å². The minimum atomic E-state index is 0.874. The van der Waals surface area contributed by atoms with Crippen LogP contribution in [0.2, 0.25) is 0 Å². The van der Waals surface area contributed by atoms with Crippen LogP contribution in [0.25, 0.3) is 55.0 Å². The average Bonchev–Trinajstić information content (AvgIpc) is 3.68. The number of nitrogens with zero attached hydrogens (tertiary/aromatic N) is 5. The molecule has 7 rings (SSSR count). The van der Waals surface area contributed by atoms with Crippen molar-refractivity contribution >= 4 is 33.1 Å². The number of likely N-dealkylation sites (tertiary alicyclic amines) is 1. The predicted octanol–water partition coefficient (Wildman–Crippen LogP) is 6.28. The fourth-order valence-corrected chi connectivity index (χ4v) is 5.90. The molecule has 6 aromatic rings. The van der Waals surface area contributed by atoms with E-state index in [4.69, 9.17) is 4.98 Å². The third kappa shape index (κ3) is 3.88. The van der Waals surface area contributed by atoms with Crippen molar-refractivity contribution in [2.75, 3.05) is 13.1 Å². The van der Waals surface area contributed by atoms with Gasteiger partial charge in [-0.2, -0.15) is 5.10 Å². The standard InChI is InChI=1S/C28H25N7S/c1-2-8-35(9-3-1)17-18-11-19(15-29-14-18)23-12-21-25(16-31-23)33-34-27(21)24-13-20-22(32-24)6-7-30-28(20)26-5-4-10-36-26/h4-7,10-16,32H,1-3,8-9,17H2,(H,33,34). The van der Waals surface area contributed by atoms with Crippen molar-refractivity contribution in [3.8, 4) is 33.2 Å². The van der Waals surface area contributed by atoms with E-state index in [1.165, 1.54) is 37.9 Å². The van der Waals surface area contributed by atoms with Crippen LogP contribution in [0.3, 0.4) is 0 Å². The van der Waals surface area contributed by atoms with Crippen LogP contribution in [0.15, 0.2) is 66.6 Å². The van der Waals surface area contributed by atoms with Crippen LogP contribution in [0.5, 0.6) is 0 Å². The molecular weight excluding hydrogens is 466 g/mol. The van der Waals surface area contributed by atoms with Gasteiger partial charge in [0.05, 0.1) is 33.7 Å². The molecule has 0 saturated carbocycles. The molecule has 1 aliphatic rings. The first-order chi connectivity index (χ1) is 17.8. The number of aromatic nitrogens is 6. The van der Waals surface area contributed by atoms with Crippen LogP contribution in [-0.4, -0.2) is 48.1 Å². The van der Waals surface area contributed by atoms with Gasteiger partial charge in [0.2, 0.25) is 0 Å². The van der Waals surface area contributed by atoms with Gasteiger partial charge in [-0.25, -0.2) is 0 Å². The molecule has 0 spiro atoms. The highest BCUT2D eigenvalue weighted by molar-refractivity contribution is 7.13. The molecule has 7 heterocycles. The van der Waals surface area contributed by atoms with Gasteiger partial charge < -0.3 is 4.98 Å². The van der Waals surface area contributed by atoms with Crippen molar-refractivity contribution < 1.29 is 0 Å². The van der Waals surface area contributed by atoms with Crippen molar-refractivity contribution in [2.45, 2.75) is 25.8 Å². The number of thiophene rings is 1. The maximum absolute atomic E-state index is 4.72. The molecule has 8 heteroatoms. The Labute approximate surface area is 212 Å². The van der Waals surface area contributed by atoms with Gasteiger partial charge in [0, 0.05) is 47.0 Å². The Kier molecular flexibility index (Phi) is 5.33. The van der Waals surface area contributed by atoms with Crippen molar-refractivity contribution in [3.63, 3.8) is 0 Å². The number of pyridine rings is 3. The molecule has 1 fully saturated rings. The quantitative estimate of drug-likeness (QED) is 0.296. The predicted molar refractivity (Wildman–Crippen MR) is 145 cm³/mol. The van der Waals surface area contributed by atoms with Gasteiger partial charge in [-0.3, -0.25) is 25.0 Å². The molecule has 0 aliphatic carbocycles. The molecule has 178 valence electrons. The molecule has 6 aromatic heterocycles. The molecule has 0 unspecified atom stereocenters. The van der Waals surface area contributed by atoms with E-state index < -0.39 is 0 Å². The van der Waals surface area contributed by atoms with Gasteiger partial charge in [-0.05, 0) is 67.2 Å². The van der Waals surface area contributed by atoms with Crippen LogP contribution in [0.1, 0.15) is 24.8 Å². The van der Waals surface area contributed by atoms with Gasteiger partial charge in [0.15, 0.2) is 0 Å². The highest BCUT2D eigenvalue weighted by atomic mass is 32.1. The second kappa shape index (κ2) is 8.96. The van der Waals surface area contributed by atoms with Gasteiger partial charge in [0.1, 0.15) is 5.69 Å². The van der Waals surface area contributed by atoms with E-state index >= 15 is 0 Å². The number of nitrogens with one attached hydrogen (secondary N) is 2. The zero-order chi connectivity index (χ0) is 23.9. The summed E-state index contributed by atoms with van der Waals surface area (Å²) in [5.41, 5.74) is 7.92. The fraction of sp³-hybridized carbons (Fsp3) is 0.214. The molecule has 0 bridgehead atoms. The van der Waals surface area contributed by atoms with Crippen LogP contribution in [0.4, 0.5) is 0 Å². The fourth-order valence-electron chi connectivity index (χ4n) is 5.16. The smallest absolute Gasteiger partial charge is 0.116 e. The van der Waals surface area contributed by atoms with Crippen molar-refractivity contribution in [1.29, 1.82) is 0 Å². The number of piperidine rings is 1. The Bertz CT molecular complexity index is 1660. The topological polar surface area (TPSA) is 86.4 Å². The SMILES string of the molecule is c1csc(-c2nccc3[nH]c(-c4n[nH]c5cnc(-c6cncc(CN7CCCCC7)c6)cc45)cc23)c1. The lowest BCUT2D eigenvalue weighted by atomic mass is 10.1. The van der Waals surface area contributed by atoms with Gasteiger partial charge in [-0.1, -0.05) is 12.5 Å². The minimum absolute atomic E-state index is 0.874. The summed E-state index contributed by atoms with van der Waals surface area (Å²) in [5, 5.41) is 12.0. The minimum Gasteiger partial charge on any atom is -0.353 e. The Hall–Kier alpha value is -3.88.